The van der Waals surface area contributed by atoms with E-state index in [-0.39, 0.29) is 24.0 Å². The topological polar surface area (TPSA) is 111 Å². The Morgan fingerprint density at radius 1 is 1.10 bits per heavy atom. The summed E-state index contributed by atoms with van der Waals surface area (Å²) in [5, 5.41) is 6.06. The summed E-state index contributed by atoms with van der Waals surface area (Å²) in [6.07, 6.45) is 6.84. The average molecular weight is 428 g/mol. The molecule has 0 bridgehead atoms. The molecule has 2 fully saturated rings. The zero-order valence-electron chi connectivity index (χ0n) is 18.6. The second-order valence-electron chi connectivity index (χ2n) is 9.82. The number of nitrogens with two attached hydrogens (primary N) is 1. The predicted octanol–water partition coefficient (Wildman–Crippen LogP) is 3.91. The summed E-state index contributed by atoms with van der Waals surface area (Å²) in [7, 11) is 0. The molecular formula is C23H33N5O3. The average Bonchev–Trinajstić information content (AvgIpc) is 2.98. The van der Waals surface area contributed by atoms with Gasteiger partial charge in [-0.05, 0) is 64.7 Å². The van der Waals surface area contributed by atoms with Crippen LogP contribution < -0.4 is 16.4 Å². The summed E-state index contributed by atoms with van der Waals surface area (Å²) in [6, 6.07) is 6.05. The molecule has 2 aliphatic rings. The molecule has 0 saturated heterocycles. The number of rotatable bonds is 4. The van der Waals surface area contributed by atoms with Crippen LogP contribution in [-0.2, 0) is 4.74 Å². The highest BCUT2D eigenvalue weighted by atomic mass is 16.6. The lowest BCUT2D eigenvalue weighted by atomic mass is 9.86. The van der Waals surface area contributed by atoms with Crippen molar-refractivity contribution in [2.24, 2.45) is 0 Å². The second kappa shape index (κ2) is 8.40. The Morgan fingerprint density at radius 2 is 1.81 bits per heavy atom. The largest absolute Gasteiger partial charge is 0.444 e. The first-order chi connectivity index (χ1) is 14.7. The monoisotopic (exact) mass is 427 g/mol. The number of carbonyl (C=O) groups excluding carboxylic acids is 2. The number of nitrogens with one attached hydrogen (secondary N) is 2. The molecule has 1 heterocycles. The van der Waals surface area contributed by atoms with Crippen LogP contribution in [0.3, 0.4) is 0 Å². The maximum absolute atomic E-state index is 12.7. The van der Waals surface area contributed by atoms with Gasteiger partial charge >= 0.3 is 6.09 Å². The van der Waals surface area contributed by atoms with Crippen LogP contribution in [-0.4, -0.2) is 39.2 Å². The molecule has 8 heteroatoms. The molecule has 168 valence electrons. The molecule has 0 atom stereocenters. The van der Waals surface area contributed by atoms with Crippen LogP contribution in [0.1, 0.15) is 82.1 Å². The molecule has 0 aliphatic heterocycles. The summed E-state index contributed by atoms with van der Waals surface area (Å²) in [4.78, 5) is 29.1. The van der Waals surface area contributed by atoms with Crippen molar-refractivity contribution in [3.05, 3.63) is 23.8 Å². The van der Waals surface area contributed by atoms with Crippen LogP contribution in [0.15, 0.2) is 18.2 Å². The molecule has 1 aromatic heterocycles. The summed E-state index contributed by atoms with van der Waals surface area (Å²) in [5.41, 5.74) is 7.94. The number of fused-ring (bicyclic) bond motifs is 1. The lowest BCUT2D eigenvalue weighted by Crippen LogP contribution is -2.46. The number of amides is 2. The lowest BCUT2D eigenvalue weighted by Gasteiger charge is -2.37. The molecule has 0 unspecified atom stereocenters. The van der Waals surface area contributed by atoms with E-state index in [1.54, 1.807) is 0 Å². The zero-order valence-corrected chi connectivity index (χ0v) is 18.6. The number of carbonyl (C=O) groups is 2. The van der Waals surface area contributed by atoms with E-state index in [0.29, 0.717) is 11.5 Å². The van der Waals surface area contributed by atoms with E-state index in [9.17, 15) is 9.59 Å². The Morgan fingerprint density at radius 3 is 2.48 bits per heavy atom. The smallest absolute Gasteiger partial charge is 0.407 e. The minimum atomic E-state index is -0.515. The number of anilines is 1. The molecule has 2 saturated carbocycles. The van der Waals surface area contributed by atoms with Gasteiger partial charge in [0.1, 0.15) is 5.60 Å². The Balaban J connectivity index is 1.40. The van der Waals surface area contributed by atoms with Crippen LogP contribution in [0, 0.1) is 0 Å². The predicted molar refractivity (Wildman–Crippen MR) is 120 cm³/mol. The van der Waals surface area contributed by atoms with Gasteiger partial charge in [-0.3, -0.25) is 4.79 Å². The maximum atomic E-state index is 12.7. The number of ether oxygens (including phenoxy) is 1. The fourth-order valence-electron chi connectivity index (χ4n) is 4.55. The van der Waals surface area contributed by atoms with E-state index in [2.05, 4.69) is 15.6 Å². The van der Waals surface area contributed by atoms with Crippen molar-refractivity contribution >= 4 is 29.0 Å². The van der Waals surface area contributed by atoms with Crippen LogP contribution in [0.5, 0.6) is 0 Å². The quantitative estimate of drug-likeness (QED) is 0.685. The van der Waals surface area contributed by atoms with Crippen molar-refractivity contribution in [3.8, 4) is 0 Å². The van der Waals surface area contributed by atoms with Crippen LogP contribution in [0.4, 0.5) is 10.7 Å². The number of benzene rings is 1. The number of nitrogens with zero attached hydrogens (tertiary/aromatic N) is 2. The number of alkyl carbamates (subject to hydrolysis) is 1. The van der Waals surface area contributed by atoms with Gasteiger partial charge in [-0.1, -0.05) is 19.3 Å². The van der Waals surface area contributed by atoms with Crippen LogP contribution in [0.2, 0.25) is 0 Å². The SMILES string of the molecule is CC(C)(C)OC(=O)N[C@H]1C[C@@H](n2c(N)nc3cc(C(=O)NC4CCCCC4)ccc32)C1. The van der Waals surface area contributed by atoms with Crippen molar-refractivity contribution in [1.29, 1.82) is 0 Å². The van der Waals surface area contributed by atoms with Gasteiger partial charge in [-0.25, -0.2) is 9.78 Å². The molecule has 0 spiro atoms. The summed E-state index contributed by atoms with van der Waals surface area (Å²) >= 11 is 0. The first kappa shape index (κ1) is 21.5. The number of hydrogen-bond acceptors (Lipinski definition) is 5. The molecule has 4 N–H and O–H groups in total. The molecule has 0 radical (unpaired) electrons. The van der Waals surface area contributed by atoms with Gasteiger partial charge in [-0.2, -0.15) is 0 Å². The van der Waals surface area contributed by atoms with Gasteiger partial charge in [0.05, 0.1) is 11.0 Å². The van der Waals surface area contributed by atoms with Gasteiger partial charge in [0.15, 0.2) is 0 Å². The molecule has 31 heavy (non-hydrogen) atoms. The van der Waals surface area contributed by atoms with Crippen LogP contribution >= 0.6 is 0 Å². The van der Waals surface area contributed by atoms with Gasteiger partial charge in [0.2, 0.25) is 5.95 Å². The zero-order chi connectivity index (χ0) is 22.2. The minimum Gasteiger partial charge on any atom is -0.444 e. The summed E-state index contributed by atoms with van der Waals surface area (Å²) < 4.78 is 7.33. The molecule has 2 amide bonds. The van der Waals surface area contributed by atoms with E-state index >= 15 is 0 Å². The Kier molecular flexibility index (Phi) is 5.81. The molecule has 8 nitrogen and oxygen atoms in total. The number of hydrogen-bond donors (Lipinski definition) is 3. The van der Waals surface area contributed by atoms with Crippen molar-refractivity contribution < 1.29 is 14.3 Å². The molecule has 2 aliphatic carbocycles. The Labute approximate surface area is 182 Å². The first-order valence-corrected chi connectivity index (χ1v) is 11.3. The minimum absolute atomic E-state index is 0.0489. The van der Waals surface area contributed by atoms with E-state index in [1.807, 2.05) is 43.5 Å². The third-order valence-corrected chi connectivity index (χ3v) is 6.12. The van der Waals surface area contributed by atoms with Gasteiger partial charge in [-0.15, -0.1) is 0 Å². The second-order valence-corrected chi connectivity index (χ2v) is 9.82. The Bertz CT molecular complexity index is 965. The lowest BCUT2D eigenvalue weighted by molar-refractivity contribution is 0.0458. The highest BCUT2D eigenvalue weighted by Crippen LogP contribution is 2.37. The van der Waals surface area contributed by atoms with Gasteiger partial charge < -0.3 is 25.7 Å². The third kappa shape index (κ3) is 4.94. The number of imidazole rings is 1. The van der Waals surface area contributed by atoms with Gasteiger partial charge in [0, 0.05) is 23.7 Å². The highest BCUT2D eigenvalue weighted by molar-refractivity contribution is 5.97. The van der Waals surface area contributed by atoms with Crippen LogP contribution in [0.25, 0.3) is 11.0 Å². The van der Waals surface area contributed by atoms with Crippen molar-refractivity contribution in [3.63, 3.8) is 0 Å². The maximum Gasteiger partial charge on any atom is 0.407 e. The third-order valence-electron chi connectivity index (χ3n) is 6.12. The van der Waals surface area contributed by atoms with E-state index in [1.165, 1.54) is 19.3 Å². The van der Waals surface area contributed by atoms with E-state index in [4.69, 9.17) is 10.5 Å². The standard InChI is InChI=1S/C23H33N5O3/c1-23(2,3)31-22(30)26-16-12-17(13-16)28-19-10-9-14(11-18(19)27-21(28)24)20(29)25-15-7-5-4-6-8-15/h9-11,15-17H,4-8,12-13H2,1-3H3,(H2,24,27)(H,25,29)(H,26,30)/t16-,17+. The van der Waals surface area contributed by atoms with Crippen molar-refractivity contribution in [1.82, 2.24) is 20.2 Å². The molecular weight excluding hydrogens is 394 g/mol. The highest BCUT2D eigenvalue weighted by Gasteiger charge is 2.34. The molecule has 4 rings (SSSR count). The molecule has 2 aromatic rings. The Hall–Kier alpha value is -2.77. The number of nitrogen functional groups attached to an aromatic ring is 1. The summed E-state index contributed by atoms with van der Waals surface area (Å²) in [6.45, 7) is 5.54. The molecule has 1 aromatic carbocycles. The fourth-order valence-corrected chi connectivity index (χ4v) is 4.55. The normalized spacial score (nSPS) is 22.0. The fraction of sp³-hybridized carbons (Fsp3) is 0.609. The van der Waals surface area contributed by atoms with Crippen molar-refractivity contribution in [2.45, 2.75) is 89.4 Å². The van der Waals surface area contributed by atoms with Gasteiger partial charge in [0.25, 0.3) is 5.91 Å². The van der Waals surface area contributed by atoms with E-state index in [0.717, 1.165) is 36.7 Å². The van der Waals surface area contributed by atoms with E-state index < -0.39 is 11.7 Å². The van der Waals surface area contributed by atoms with Crippen molar-refractivity contribution in [2.75, 3.05) is 5.73 Å². The number of aromatic nitrogens is 2. The first-order valence-electron chi connectivity index (χ1n) is 11.3. The summed E-state index contributed by atoms with van der Waals surface area (Å²) in [5.74, 6) is 0.382.